The fourth-order valence-electron chi connectivity index (χ4n) is 2.67. The summed E-state index contributed by atoms with van der Waals surface area (Å²) in [5.74, 6) is -1.94. The Balaban J connectivity index is 3.28. The molecule has 0 aromatic heterocycles. The van der Waals surface area contributed by atoms with Gasteiger partial charge < -0.3 is 14.8 Å². The monoisotopic (exact) mass is 452 g/mol. The van der Waals surface area contributed by atoms with E-state index in [9.17, 15) is 22.8 Å². The molecule has 0 aliphatic carbocycles. The zero-order valence-electron chi connectivity index (χ0n) is 17.9. The molecular formula is C18H32N2O7S2. The fourth-order valence-corrected chi connectivity index (χ4v) is 5.88. The molecule has 0 bridgehead atoms. The van der Waals surface area contributed by atoms with Crippen LogP contribution in [0.25, 0.3) is 0 Å². The second kappa shape index (κ2) is 10.5. The van der Waals surface area contributed by atoms with Gasteiger partial charge in [-0.3, -0.25) is 4.79 Å². The minimum Gasteiger partial charge on any atom is -0.464 e. The highest BCUT2D eigenvalue weighted by Gasteiger charge is 2.45. The molecule has 0 aromatic rings. The first-order valence-electron chi connectivity index (χ1n) is 9.63. The van der Waals surface area contributed by atoms with E-state index in [1.54, 1.807) is 34.6 Å². The number of carbonyl (C=O) groups is 3. The number of amides is 2. The minimum absolute atomic E-state index is 0.0625. The Hall–Kier alpha value is -1.49. The van der Waals surface area contributed by atoms with Crippen molar-refractivity contribution < 1.29 is 32.3 Å². The highest BCUT2D eigenvalue weighted by atomic mass is 32.2. The van der Waals surface area contributed by atoms with E-state index in [-0.39, 0.29) is 29.8 Å². The maximum atomic E-state index is 13.3. The summed E-state index contributed by atoms with van der Waals surface area (Å²) in [6, 6.07) is -2.43. The van der Waals surface area contributed by atoms with E-state index >= 15 is 0 Å². The smallest absolute Gasteiger partial charge is 0.408 e. The van der Waals surface area contributed by atoms with Gasteiger partial charge in [-0.05, 0) is 33.6 Å². The van der Waals surface area contributed by atoms with Gasteiger partial charge in [0.25, 0.3) is 5.91 Å². The van der Waals surface area contributed by atoms with E-state index < -0.39 is 45.7 Å². The zero-order chi connectivity index (χ0) is 22.4. The van der Waals surface area contributed by atoms with Crippen molar-refractivity contribution in [3.05, 3.63) is 0 Å². The maximum Gasteiger partial charge on any atom is 0.408 e. The molecule has 9 nitrogen and oxygen atoms in total. The van der Waals surface area contributed by atoms with Crippen LogP contribution < -0.4 is 5.32 Å². The predicted molar refractivity (Wildman–Crippen MR) is 111 cm³/mol. The number of sulfonamides is 1. The minimum atomic E-state index is -4.06. The highest BCUT2D eigenvalue weighted by Crippen LogP contribution is 2.24. The summed E-state index contributed by atoms with van der Waals surface area (Å²) >= 11 is 1.26. The molecule has 2 amide bonds. The van der Waals surface area contributed by atoms with Crippen molar-refractivity contribution in [3.63, 3.8) is 0 Å². The third-order valence-corrected chi connectivity index (χ3v) is 7.33. The van der Waals surface area contributed by atoms with Gasteiger partial charge in [-0.1, -0.05) is 20.3 Å². The summed E-state index contributed by atoms with van der Waals surface area (Å²) in [6.45, 7) is 10.2. The number of hydrogen-bond acceptors (Lipinski definition) is 8. The molecule has 11 heteroatoms. The zero-order valence-corrected chi connectivity index (χ0v) is 19.5. The van der Waals surface area contributed by atoms with Crippen LogP contribution in [0.3, 0.4) is 0 Å². The molecule has 1 aliphatic heterocycles. The van der Waals surface area contributed by atoms with Crippen LogP contribution in [0.1, 0.15) is 48.0 Å². The van der Waals surface area contributed by atoms with Crippen molar-refractivity contribution in [2.24, 2.45) is 5.92 Å². The van der Waals surface area contributed by atoms with Gasteiger partial charge in [-0.2, -0.15) is 11.8 Å². The number of nitrogens with zero attached hydrogens (tertiary/aromatic N) is 1. The van der Waals surface area contributed by atoms with Crippen molar-refractivity contribution >= 4 is 39.8 Å². The van der Waals surface area contributed by atoms with Gasteiger partial charge in [0.1, 0.15) is 11.6 Å². The number of hydrogen-bond donors (Lipinski definition) is 1. The standard InChI is InChI=1S/C18H32N2O7S2/c1-7-12(3)14(19-17(23)27-18(4,5)6)15(21)20-13(16(22)26-8-2)11-28-9-10-29(20,24)25/h12-14H,7-11H2,1-6H3,(H,19,23). The van der Waals surface area contributed by atoms with E-state index in [4.69, 9.17) is 9.47 Å². The molecule has 1 saturated heterocycles. The third kappa shape index (κ3) is 7.36. The van der Waals surface area contributed by atoms with E-state index in [2.05, 4.69) is 5.32 Å². The summed E-state index contributed by atoms with van der Waals surface area (Å²) in [5, 5.41) is 2.50. The van der Waals surface area contributed by atoms with Crippen molar-refractivity contribution in [2.45, 2.75) is 65.6 Å². The number of rotatable bonds is 6. The molecule has 29 heavy (non-hydrogen) atoms. The first-order chi connectivity index (χ1) is 13.3. The lowest BCUT2D eigenvalue weighted by Gasteiger charge is -2.33. The van der Waals surface area contributed by atoms with Gasteiger partial charge in [0, 0.05) is 11.5 Å². The van der Waals surface area contributed by atoms with Gasteiger partial charge in [-0.25, -0.2) is 22.3 Å². The molecule has 0 radical (unpaired) electrons. The van der Waals surface area contributed by atoms with E-state index in [1.165, 1.54) is 11.8 Å². The molecule has 1 fully saturated rings. The third-order valence-electron chi connectivity index (χ3n) is 4.27. The summed E-state index contributed by atoms with van der Waals surface area (Å²) < 4.78 is 36.5. The quantitative estimate of drug-likeness (QED) is 0.606. The Morgan fingerprint density at radius 3 is 2.38 bits per heavy atom. The first-order valence-corrected chi connectivity index (χ1v) is 12.4. The van der Waals surface area contributed by atoms with Crippen LogP contribution in [0.2, 0.25) is 0 Å². The SMILES string of the molecule is CCOC(=O)C1CSCCS(=O)(=O)N1C(=O)C(NC(=O)OC(C)(C)C)C(C)CC. The fraction of sp³-hybridized carbons (Fsp3) is 0.833. The second-order valence-corrected chi connectivity index (χ2v) is 10.9. The molecule has 168 valence electrons. The lowest BCUT2D eigenvalue weighted by molar-refractivity contribution is -0.151. The van der Waals surface area contributed by atoms with Crippen LogP contribution in [-0.2, 0) is 29.1 Å². The van der Waals surface area contributed by atoms with Crippen LogP contribution in [0.5, 0.6) is 0 Å². The molecule has 1 N–H and O–H groups in total. The lowest BCUT2D eigenvalue weighted by Crippen LogP contribution is -2.58. The normalized spacial score (nSPS) is 21.4. The second-order valence-electron chi connectivity index (χ2n) is 7.80. The number of alkyl carbamates (subject to hydrolysis) is 1. The summed E-state index contributed by atoms with van der Waals surface area (Å²) in [6.07, 6.45) is -0.329. The molecule has 0 spiro atoms. The molecule has 1 heterocycles. The van der Waals surface area contributed by atoms with E-state index in [1.807, 2.05) is 6.92 Å². The molecule has 0 saturated carbocycles. The van der Waals surface area contributed by atoms with Gasteiger partial charge in [0.2, 0.25) is 10.0 Å². The topological polar surface area (TPSA) is 119 Å². The van der Waals surface area contributed by atoms with Crippen molar-refractivity contribution in [2.75, 3.05) is 23.9 Å². The van der Waals surface area contributed by atoms with Crippen molar-refractivity contribution in [1.29, 1.82) is 0 Å². The maximum absolute atomic E-state index is 13.3. The Kier molecular flexibility index (Phi) is 9.26. The molecule has 3 atom stereocenters. The predicted octanol–water partition coefficient (Wildman–Crippen LogP) is 1.76. The van der Waals surface area contributed by atoms with Crippen molar-refractivity contribution in [3.8, 4) is 0 Å². The molecule has 3 unspecified atom stereocenters. The van der Waals surface area contributed by atoms with Crippen LogP contribution in [-0.4, -0.2) is 72.2 Å². The van der Waals surface area contributed by atoms with Crippen LogP contribution in [0.15, 0.2) is 0 Å². The van der Waals surface area contributed by atoms with E-state index in [0.29, 0.717) is 10.7 Å². The van der Waals surface area contributed by atoms with Gasteiger partial charge in [-0.15, -0.1) is 0 Å². The largest absolute Gasteiger partial charge is 0.464 e. The molecular weight excluding hydrogens is 420 g/mol. The number of nitrogens with one attached hydrogen (secondary N) is 1. The van der Waals surface area contributed by atoms with Crippen LogP contribution in [0, 0.1) is 5.92 Å². The number of thioether (sulfide) groups is 1. The van der Waals surface area contributed by atoms with Gasteiger partial charge in [0.15, 0.2) is 6.04 Å². The first kappa shape index (κ1) is 25.5. The van der Waals surface area contributed by atoms with Crippen LogP contribution in [0.4, 0.5) is 4.79 Å². The Bertz CT molecular complexity index is 703. The Labute approximate surface area is 177 Å². The number of ether oxygens (including phenoxy) is 2. The average molecular weight is 453 g/mol. The molecule has 1 aliphatic rings. The highest BCUT2D eigenvalue weighted by molar-refractivity contribution is 8.01. The summed E-state index contributed by atoms with van der Waals surface area (Å²) in [5.41, 5.74) is -0.786. The summed E-state index contributed by atoms with van der Waals surface area (Å²) in [4.78, 5) is 38.0. The average Bonchev–Trinajstić information content (AvgIpc) is 2.75. The van der Waals surface area contributed by atoms with Crippen molar-refractivity contribution in [1.82, 2.24) is 9.62 Å². The molecule has 0 aromatic carbocycles. The van der Waals surface area contributed by atoms with Crippen LogP contribution >= 0.6 is 11.8 Å². The lowest BCUT2D eigenvalue weighted by atomic mass is 9.98. The van der Waals surface area contributed by atoms with E-state index in [0.717, 1.165) is 0 Å². The van der Waals surface area contributed by atoms with Gasteiger partial charge in [0.05, 0.1) is 12.4 Å². The molecule has 1 rings (SSSR count). The number of esters is 1. The Morgan fingerprint density at radius 2 is 1.86 bits per heavy atom. The summed E-state index contributed by atoms with van der Waals surface area (Å²) in [7, 11) is -4.06. The van der Waals surface area contributed by atoms with Gasteiger partial charge >= 0.3 is 12.1 Å². The Morgan fingerprint density at radius 1 is 1.24 bits per heavy atom. The number of carbonyl (C=O) groups excluding carboxylic acids is 3.